The van der Waals surface area contributed by atoms with E-state index in [4.69, 9.17) is 7.85 Å². The maximum absolute atomic E-state index is 10.2. The summed E-state index contributed by atoms with van der Waals surface area (Å²) < 4.78 is 0. The van der Waals surface area contributed by atoms with Gasteiger partial charge in [0.05, 0.1) is 17.4 Å². The number of hydrogen-bond donors (Lipinski definition) is 3. The molecule has 35 heavy (non-hydrogen) atoms. The number of fused-ring (bicyclic) bond motifs is 1. The summed E-state index contributed by atoms with van der Waals surface area (Å²) in [6.07, 6.45) is 7.45. The first-order valence-corrected chi connectivity index (χ1v) is 10.9. The van der Waals surface area contributed by atoms with Gasteiger partial charge in [0.2, 0.25) is 6.41 Å². The smallest absolute Gasteiger partial charge is 0.212 e. The van der Waals surface area contributed by atoms with Crippen molar-refractivity contribution < 1.29 is 4.79 Å². The van der Waals surface area contributed by atoms with Crippen molar-refractivity contribution in [3.8, 4) is 0 Å². The zero-order chi connectivity index (χ0) is 24.5. The summed E-state index contributed by atoms with van der Waals surface area (Å²) in [6, 6.07) is 23.3. The molecule has 3 N–H and O–H groups in total. The molecule has 0 saturated carbocycles. The van der Waals surface area contributed by atoms with E-state index in [0.717, 1.165) is 39.1 Å². The fraction of sp³-hybridized carbons (Fsp3) is 0.0370. The SMILES string of the molecule is O=CNc1ccc(Nc2ccncc2)cn1.[B]c1ccc2nccc(Nc3ccc(C)cc3)c2c1. The lowest BCUT2D eigenvalue weighted by Gasteiger charge is -2.10. The number of nitrogens with zero attached hydrogens (tertiary/aromatic N) is 3. The number of rotatable bonds is 6. The number of aromatic nitrogens is 3. The Balaban J connectivity index is 0.000000168. The van der Waals surface area contributed by atoms with E-state index in [1.807, 2.05) is 42.5 Å². The van der Waals surface area contributed by atoms with Crippen LogP contribution < -0.4 is 21.4 Å². The Kier molecular flexibility index (Phi) is 7.65. The van der Waals surface area contributed by atoms with Crippen LogP contribution in [-0.2, 0) is 4.79 Å². The molecule has 0 spiro atoms. The molecule has 0 unspecified atom stereocenters. The molecule has 3 heterocycles. The molecule has 5 rings (SSSR count). The van der Waals surface area contributed by atoms with Gasteiger partial charge >= 0.3 is 0 Å². The van der Waals surface area contributed by atoms with Crippen LogP contribution in [0.4, 0.5) is 28.6 Å². The number of benzene rings is 2. The first kappa shape index (κ1) is 23.4. The third-order valence-electron chi connectivity index (χ3n) is 5.04. The number of carbonyl (C=O) groups excluding carboxylic acids is 1. The van der Waals surface area contributed by atoms with Crippen molar-refractivity contribution in [2.24, 2.45) is 0 Å². The molecule has 0 saturated heterocycles. The molecule has 0 aliphatic heterocycles. The summed E-state index contributed by atoms with van der Waals surface area (Å²) in [5.74, 6) is 0.523. The normalized spacial score (nSPS) is 10.1. The number of nitrogens with one attached hydrogen (secondary N) is 3. The number of pyridine rings is 3. The predicted octanol–water partition coefficient (Wildman–Crippen LogP) is 4.87. The van der Waals surface area contributed by atoms with Gasteiger partial charge in [-0.2, -0.15) is 0 Å². The van der Waals surface area contributed by atoms with Gasteiger partial charge in [0, 0.05) is 41.0 Å². The standard InChI is InChI=1S/C16H13BN2.C11H10N4O/c1-11-2-5-13(6-3-11)19-16-8-9-18-15-7-4-12(17)10-14(15)16;16-8-14-11-2-1-10(7-13-11)15-9-3-5-12-6-4-9/h2-10H,1H3,(H,18,19);1-8H,(H,12,15)(H,13,14,16). The number of amides is 1. The summed E-state index contributed by atoms with van der Waals surface area (Å²) in [6.45, 7) is 2.08. The minimum absolute atomic E-state index is 0.523. The van der Waals surface area contributed by atoms with Crippen molar-refractivity contribution in [1.82, 2.24) is 15.0 Å². The summed E-state index contributed by atoms with van der Waals surface area (Å²) >= 11 is 0. The lowest BCUT2D eigenvalue weighted by atomic mass is 9.94. The fourth-order valence-corrected chi connectivity index (χ4v) is 3.28. The number of carbonyl (C=O) groups is 1. The maximum Gasteiger partial charge on any atom is 0.212 e. The summed E-state index contributed by atoms with van der Waals surface area (Å²) in [4.78, 5) is 22.5. The van der Waals surface area contributed by atoms with Crippen LogP contribution in [0.1, 0.15) is 5.56 Å². The Labute approximate surface area is 205 Å². The van der Waals surface area contributed by atoms with E-state index < -0.39 is 0 Å². The highest BCUT2D eigenvalue weighted by atomic mass is 16.1. The third-order valence-corrected chi connectivity index (χ3v) is 5.04. The van der Waals surface area contributed by atoms with Crippen LogP contribution in [0.3, 0.4) is 0 Å². The zero-order valence-electron chi connectivity index (χ0n) is 19.1. The molecule has 0 aliphatic carbocycles. The second-order valence-corrected chi connectivity index (χ2v) is 7.68. The summed E-state index contributed by atoms with van der Waals surface area (Å²) in [7, 11) is 5.85. The second kappa shape index (κ2) is 11.4. The number of aryl methyl sites for hydroxylation is 1. The number of anilines is 5. The molecule has 5 aromatic rings. The van der Waals surface area contributed by atoms with E-state index in [-0.39, 0.29) is 0 Å². The monoisotopic (exact) mass is 458 g/mol. The molecule has 0 bridgehead atoms. The second-order valence-electron chi connectivity index (χ2n) is 7.68. The van der Waals surface area contributed by atoms with Gasteiger partial charge in [-0.15, -0.1) is 0 Å². The molecular weight excluding hydrogens is 435 g/mol. The lowest BCUT2D eigenvalue weighted by Crippen LogP contribution is -2.02. The first-order valence-electron chi connectivity index (χ1n) is 10.9. The van der Waals surface area contributed by atoms with Crippen LogP contribution in [-0.4, -0.2) is 29.2 Å². The Morgan fingerprint density at radius 3 is 2.23 bits per heavy atom. The summed E-state index contributed by atoms with van der Waals surface area (Å²) in [5, 5.41) is 10.1. The molecule has 0 atom stereocenters. The van der Waals surface area contributed by atoms with E-state index in [1.165, 1.54) is 5.56 Å². The van der Waals surface area contributed by atoms with Crippen LogP contribution in [0.15, 0.2) is 97.6 Å². The average molecular weight is 458 g/mol. The van der Waals surface area contributed by atoms with Crippen LogP contribution in [0.5, 0.6) is 0 Å². The van der Waals surface area contributed by atoms with Crippen molar-refractivity contribution in [3.63, 3.8) is 0 Å². The topological polar surface area (TPSA) is 91.8 Å². The van der Waals surface area contributed by atoms with Gasteiger partial charge in [-0.3, -0.25) is 14.8 Å². The largest absolute Gasteiger partial charge is 0.355 e. The third kappa shape index (κ3) is 6.64. The van der Waals surface area contributed by atoms with Crippen LogP contribution in [0.2, 0.25) is 0 Å². The Morgan fingerprint density at radius 2 is 1.51 bits per heavy atom. The number of hydrogen-bond acceptors (Lipinski definition) is 6. The van der Waals surface area contributed by atoms with Gasteiger partial charge in [-0.25, -0.2) is 4.98 Å². The molecule has 3 aromatic heterocycles. The highest BCUT2D eigenvalue weighted by molar-refractivity contribution is 6.33. The maximum atomic E-state index is 10.2. The predicted molar refractivity (Wildman–Crippen MR) is 143 cm³/mol. The van der Waals surface area contributed by atoms with E-state index in [9.17, 15) is 4.79 Å². The van der Waals surface area contributed by atoms with E-state index >= 15 is 0 Å². The molecule has 170 valence electrons. The van der Waals surface area contributed by atoms with Gasteiger partial charge in [-0.1, -0.05) is 35.3 Å². The van der Waals surface area contributed by atoms with Crippen molar-refractivity contribution in [2.45, 2.75) is 6.92 Å². The van der Waals surface area contributed by atoms with Crippen molar-refractivity contribution in [2.75, 3.05) is 16.0 Å². The molecule has 0 aliphatic rings. The van der Waals surface area contributed by atoms with E-state index in [0.29, 0.717) is 12.2 Å². The van der Waals surface area contributed by atoms with Crippen LogP contribution in [0, 0.1) is 6.92 Å². The van der Waals surface area contributed by atoms with Gasteiger partial charge in [0.1, 0.15) is 13.7 Å². The van der Waals surface area contributed by atoms with Crippen LogP contribution in [0.25, 0.3) is 10.9 Å². The fourth-order valence-electron chi connectivity index (χ4n) is 3.28. The molecule has 8 heteroatoms. The molecule has 1 amide bonds. The van der Waals surface area contributed by atoms with Crippen LogP contribution >= 0.6 is 0 Å². The molecule has 7 nitrogen and oxygen atoms in total. The van der Waals surface area contributed by atoms with E-state index in [2.05, 4.69) is 62.1 Å². The minimum atomic E-state index is 0.523. The molecule has 0 fully saturated rings. The van der Waals surface area contributed by atoms with Crippen molar-refractivity contribution >= 4 is 59.2 Å². The minimum Gasteiger partial charge on any atom is -0.355 e. The highest BCUT2D eigenvalue weighted by Gasteiger charge is 2.02. The quantitative estimate of drug-likeness (QED) is 0.249. The first-order chi connectivity index (χ1) is 17.1. The van der Waals surface area contributed by atoms with Crippen molar-refractivity contribution in [1.29, 1.82) is 0 Å². The van der Waals surface area contributed by atoms with E-state index in [1.54, 1.807) is 30.9 Å². The highest BCUT2D eigenvalue weighted by Crippen LogP contribution is 2.24. The van der Waals surface area contributed by atoms with Crippen molar-refractivity contribution in [3.05, 3.63) is 103 Å². The average Bonchev–Trinajstić information content (AvgIpc) is 2.88. The Morgan fingerprint density at radius 1 is 0.771 bits per heavy atom. The molecule has 2 aromatic carbocycles. The molecular formula is C27H23BN6O. The Hall–Kier alpha value is -4.72. The van der Waals surface area contributed by atoms with Gasteiger partial charge < -0.3 is 16.0 Å². The Bertz CT molecular complexity index is 1390. The molecule has 2 radical (unpaired) electrons. The van der Waals surface area contributed by atoms with Gasteiger partial charge in [-0.05, 0) is 55.5 Å². The summed E-state index contributed by atoms with van der Waals surface area (Å²) in [5.41, 5.74) is 6.78. The lowest BCUT2D eigenvalue weighted by molar-refractivity contribution is -0.105. The van der Waals surface area contributed by atoms with Gasteiger partial charge in [0.25, 0.3) is 0 Å². The van der Waals surface area contributed by atoms with Gasteiger partial charge in [0.15, 0.2) is 0 Å². The zero-order valence-corrected chi connectivity index (χ0v) is 19.1.